The van der Waals surface area contributed by atoms with Gasteiger partial charge in [-0.15, -0.1) is 0 Å². The Bertz CT molecular complexity index is 398. The van der Waals surface area contributed by atoms with Crippen molar-refractivity contribution in [2.24, 2.45) is 5.73 Å². The van der Waals surface area contributed by atoms with E-state index in [4.69, 9.17) is 10.5 Å². The van der Waals surface area contributed by atoms with Gasteiger partial charge in [0.15, 0.2) is 0 Å². The zero-order chi connectivity index (χ0) is 13.8. The number of ether oxygens (including phenoxy) is 1. The fraction of sp³-hybridized carbons (Fsp3) is 0.583. The van der Waals surface area contributed by atoms with Crippen LogP contribution < -0.4 is 11.1 Å². The third kappa shape index (κ3) is 5.09. The zero-order valence-corrected chi connectivity index (χ0v) is 11.2. The first-order valence-electron chi connectivity index (χ1n) is 5.79. The smallest absolute Gasteiger partial charge is 0.407 e. The monoisotopic (exact) mass is 252 g/mol. The van der Waals surface area contributed by atoms with Crippen molar-refractivity contribution in [1.29, 1.82) is 0 Å². The molecular formula is C12H20N4O2. The van der Waals surface area contributed by atoms with Crippen molar-refractivity contribution in [2.75, 3.05) is 6.54 Å². The van der Waals surface area contributed by atoms with Crippen molar-refractivity contribution in [3.8, 4) is 0 Å². The van der Waals surface area contributed by atoms with Crippen LogP contribution in [0.4, 0.5) is 4.79 Å². The van der Waals surface area contributed by atoms with Gasteiger partial charge in [-0.1, -0.05) is 0 Å². The van der Waals surface area contributed by atoms with E-state index in [1.165, 1.54) is 0 Å². The molecular weight excluding hydrogens is 232 g/mol. The van der Waals surface area contributed by atoms with Crippen molar-refractivity contribution < 1.29 is 9.53 Å². The molecule has 100 valence electrons. The number of nitrogens with two attached hydrogens (primary N) is 1. The predicted octanol–water partition coefficient (Wildman–Crippen LogP) is 1.31. The maximum absolute atomic E-state index is 11.4. The van der Waals surface area contributed by atoms with Gasteiger partial charge in [-0.05, 0) is 27.7 Å². The SMILES string of the molecule is Cc1cnc(C(N)CNC(=O)OC(C)(C)C)cn1. The zero-order valence-electron chi connectivity index (χ0n) is 11.2. The fourth-order valence-corrected chi connectivity index (χ4v) is 1.21. The van der Waals surface area contributed by atoms with Crippen LogP contribution in [0, 0.1) is 6.92 Å². The first-order chi connectivity index (χ1) is 8.28. The number of hydrogen-bond acceptors (Lipinski definition) is 5. The molecule has 6 nitrogen and oxygen atoms in total. The number of rotatable bonds is 3. The first-order valence-corrected chi connectivity index (χ1v) is 5.79. The van der Waals surface area contributed by atoms with Crippen molar-refractivity contribution in [2.45, 2.75) is 39.3 Å². The topological polar surface area (TPSA) is 90.1 Å². The van der Waals surface area contributed by atoms with Gasteiger partial charge in [0, 0.05) is 12.7 Å². The molecule has 1 aromatic heterocycles. The summed E-state index contributed by atoms with van der Waals surface area (Å²) in [4.78, 5) is 19.7. The van der Waals surface area contributed by atoms with Gasteiger partial charge in [0.2, 0.25) is 0 Å². The second-order valence-electron chi connectivity index (χ2n) is 5.07. The van der Waals surface area contributed by atoms with Gasteiger partial charge in [0.25, 0.3) is 0 Å². The summed E-state index contributed by atoms with van der Waals surface area (Å²) >= 11 is 0. The van der Waals surface area contributed by atoms with Gasteiger partial charge >= 0.3 is 6.09 Å². The Morgan fingerprint density at radius 1 is 1.44 bits per heavy atom. The molecule has 0 saturated heterocycles. The number of amides is 1. The standard InChI is InChI=1S/C12H20N4O2/c1-8-5-15-10(7-14-8)9(13)6-16-11(17)18-12(2,3)4/h5,7,9H,6,13H2,1-4H3,(H,16,17). The van der Waals surface area contributed by atoms with Crippen LogP contribution in [0.15, 0.2) is 12.4 Å². The van der Waals surface area contributed by atoms with Crippen LogP contribution in [0.5, 0.6) is 0 Å². The molecule has 1 aromatic rings. The molecule has 1 amide bonds. The summed E-state index contributed by atoms with van der Waals surface area (Å²) in [6.45, 7) is 7.52. The molecule has 0 bridgehead atoms. The van der Waals surface area contributed by atoms with Gasteiger partial charge in [-0.3, -0.25) is 9.97 Å². The minimum absolute atomic E-state index is 0.257. The van der Waals surface area contributed by atoms with Crippen molar-refractivity contribution in [1.82, 2.24) is 15.3 Å². The molecule has 0 aliphatic rings. The van der Waals surface area contributed by atoms with Crippen LogP contribution in [0.1, 0.15) is 38.2 Å². The van der Waals surface area contributed by atoms with E-state index >= 15 is 0 Å². The van der Waals surface area contributed by atoms with E-state index in [-0.39, 0.29) is 6.54 Å². The van der Waals surface area contributed by atoms with E-state index in [0.717, 1.165) is 5.69 Å². The molecule has 6 heteroatoms. The molecule has 0 radical (unpaired) electrons. The molecule has 0 saturated carbocycles. The van der Waals surface area contributed by atoms with E-state index in [9.17, 15) is 4.79 Å². The lowest BCUT2D eigenvalue weighted by atomic mass is 10.2. The Hall–Kier alpha value is -1.69. The van der Waals surface area contributed by atoms with Crippen LogP contribution in [-0.4, -0.2) is 28.2 Å². The number of alkyl carbamates (subject to hydrolysis) is 1. The molecule has 18 heavy (non-hydrogen) atoms. The summed E-state index contributed by atoms with van der Waals surface area (Å²) in [5.41, 5.74) is 6.83. The van der Waals surface area contributed by atoms with Crippen LogP contribution in [0.25, 0.3) is 0 Å². The highest BCUT2D eigenvalue weighted by molar-refractivity contribution is 5.67. The lowest BCUT2D eigenvalue weighted by molar-refractivity contribution is 0.0524. The van der Waals surface area contributed by atoms with Gasteiger partial charge in [-0.2, -0.15) is 0 Å². The number of aryl methyl sites for hydroxylation is 1. The van der Waals surface area contributed by atoms with Gasteiger partial charge in [0.1, 0.15) is 5.60 Å². The summed E-state index contributed by atoms with van der Waals surface area (Å²) < 4.78 is 5.10. The molecule has 0 spiro atoms. The van der Waals surface area contributed by atoms with E-state index in [0.29, 0.717) is 5.69 Å². The van der Waals surface area contributed by atoms with Crippen LogP contribution in [0.3, 0.4) is 0 Å². The molecule has 1 heterocycles. The molecule has 0 aliphatic carbocycles. The highest BCUT2D eigenvalue weighted by Crippen LogP contribution is 2.08. The average Bonchev–Trinajstić information content (AvgIpc) is 2.24. The quantitative estimate of drug-likeness (QED) is 0.846. The molecule has 0 aliphatic heterocycles. The van der Waals surface area contributed by atoms with Crippen molar-refractivity contribution >= 4 is 6.09 Å². The predicted molar refractivity (Wildman–Crippen MR) is 67.9 cm³/mol. The highest BCUT2D eigenvalue weighted by atomic mass is 16.6. The summed E-state index contributed by atoms with van der Waals surface area (Å²) in [6.07, 6.45) is 2.76. The van der Waals surface area contributed by atoms with Crippen LogP contribution >= 0.6 is 0 Å². The maximum Gasteiger partial charge on any atom is 0.407 e. The third-order valence-electron chi connectivity index (χ3n) is 2.05. The number of aromatic nitrogens is 2. The van der Waals surface area contributed by atoms with Gasteiger partial charge in [-0.25, -0.2) is 4.79 Å². The number of nitrogens with one attached hydrogen (secondary N) is 1. The van der Waals surface area contributed by atoms with E-state index < -0.39 is 17.7 Å². The van der Waals surface area contributed by atoms with Gasteiger partial charge in [0.05, 0.1) is 23.6 Å². The molecule has 1 atom stereocenters. The number of carbonyl (C=O) groups is 1. The lowest BCUT2D eigenvalue weighted by Gasteiger charge is -2.20. The first kappa shape index (κ1) is 14.4. The fourth-order valence-electron chi connectivity index (χ4n) is 1.21. The Balaban J connectivity index is 2.44. The Labute approximate surface area is 107 Å². The largest absolute Gasteiger partial charge is 0.444 e. The highest BCUT2D eigenvalue weighted by Gasteiger charge is 2.17. The Kier molecular flexibility index (Phi) is 4.61. The van der Waals surface area contributed by atoms with E-state index in [2.05, 4.69) is 15.3 Å². The van der Waals surface area contributed by atoms with E-state index in [1.54, 1.807) is 33.2 Å². The van der Waals surface area contributed by atoms with Crippen molar-refractivity contribution in [3.63, 3.8) is 0 Å². The summed E-state index contributed by atoms with van der Waals surface area (Å²) in [7, 11) is 0. The lowest BCUT2D eigenvalue weighted by Crippen LogP contribution is -2.36. The second kappa shape index (κ2) is 5.77. The number of carbonyl (C=O) groups excluding carboxylic acids is 1. The minimum Gasteiger partial charge on any atom is -0.444 e. The van der Waals surface area contributed by atoms with Crippen LogP contribution in [-0.2, 0) is 4.74 Å². The summed E-state index contributed by atoms with van der Waals surface area (Å²) in [5.74, 6) is 0. The molecule has 1 rings (SSSR count). The number of hydrogen-bond donors (Lipinski definition) is 2. The van der Waals surface area contributed by atoms with E-state index in [1.807, 2.05) is 6.92 Å². The molecule has 0 fully saturated rings. The normalized spacial score (nSPS) is 12.9. The second-order valence-corrected chi connectivity index (χ2v) is 5.07. The molecule has 1 unspecified atom stereocenters. The molecule has 3 N–H and O–H groups in total. The summed E-state index contributed by atoms with van der Waals surface area (Å²) in [5, 5.41) is 2.60. The Morgan fingerprint density at radius 2 is 2.11 bits per heavy atom. The maximum atomic E-state index is 11.4. The average molecular weight is 252 g/mol. The summed E-state index contributed by atoms with van der Waals surface area (Å²) in [6, 6.07) is -0.398. The minimum atomic E-state index is -0.516. The van der Waals surface area contributed by atoms with Crippen molar-refractivity contribution in [3.05, 3.63) is 23.8 Å². The third-order valence-corrected chi connectivity index (χ3v) is 2.05. The Morgan fingerprint density at radius 3 is 2.61 bits per heavy atom. The molecule has 0 aromatic carbocycles. The number of nitrogens with zero attached hydrogens (tertiary/aromatic N) is 2. The van der Waals surface area contributed by atoms with Crippen LogP contribution in [0.2, 0.25) is 0 Å². The van der Waals surface area contributed by atoms with Gasteiger partial charge < -0.3 is 15.8 Å².